The fraction of sp³-hybridized carbons (Fsp3) is 0.556. The Morgan fingerprint density at radius 3 is 2.43 bits per heavy atom. The monoisotopic (exact) mass is 478 g/mol. The van der Waals surface area contributed by atoms with Crippen molar-refractivity contribution in [3.63, 3.8) is 0 Å². The number of aryl methyl sites for hydroxylation is 2. The molecule has 2 aromatic heterocycles. The summed E-state index contributed by atoms with van der Waals surface area (Å²) in [6, 6.07) is 10.5. The Morgan fingerprint density at radius 2 is 1.80 bits per heavy atom. The van der Waals surface area contributed by atoms with Crippen molar-refractivity contribution in [3.05, 3.63) is 36.0 Å². The number of piperidine rings is 1. The Kier molecular flexibility index (Phi) is 7.28. The molecule has 35 heavy (non-hydrogen) atoms. The lowest BCUT2D eigenvalue weighted by atomic mass is 9.93. The van der Waals surface area contributed by atoms with Gasteiger partial charge in [-0.05, 0) is 66.7 Å². The minimum absolute atomic E-state index is 0.208. The van der Waals surface area contributed by atoms with Crippen LogP contribution in [0.5, 0.6) is 0 Å². The number of carbonyl (C=O) groups excluding carboxylic acids is 1. The van der Waals surface area contributed by atoms with Gasteiger partial charge in [0.1, 0.15) is 16.9 Å². The summed E-state index contributed by atoms with van der Waals surface area (Å²) in [4.78, 5) is 28.7. The first-order chi connectivity index (χ1) is 16.6. The average Bonchev–Trinajstić information content (AvgIpc) is 3.16. The molecule has 4 rings (SSSR count). The van der Waals surface area contributed by atoms with Crippen LogP contribution in [-0.2, 0) is 11.3 Å². The molecule has 188 valence electrons. The maximum absolute atomic E-state index is 12.4. The van der Waals surface area contributed by atoms with Crippen molar-refractivity contribution in [1.29, 1.82) is 0 Å². The molecule has 0 atom stereocenters. The maximum atomic E-state index is 12.4. The first-order valence-electron chi connectivity index (χ1n) is 12.7. The first kappa shape index (κ1) is 24.9. The van der Waals surface area contributed by atoms with E-state index in [2.05, 4.69) is 40.8 Å². The molecule has 0 radical (unpaired) electrons. The maximum Gasteiger partial charge on any atom is 0.410 e. The lowest BCUT2D eigenvalue weighted by Crippen LogP contribution is -2.41. The molecule has 3 heterocycles. The van der Waals surface area contributed by atoms with Crippen molar-refractivity contribution in [2.24, 2.45) is 5.92 Å². The molecule has 8 heteroatoms. The van der Waals surface area contributed by atoms with E-state index in [-0.39, 0.29) is 12.1 Å². The van der Waals surface area contributed by atoms with Gasteiger partial charge in [0.15, 0.2) is 5.65 Å². The normalized spacial score (nSPS) is 15.1. The van der Waals surface area contributed by atoms with Crippen LogP contribution in [0.3, 0.4) is 0 Å². The van der Waals surface area contributed by atoms with Gasteiger partial charge in [0.05, 0.1) is 5.69 Å². The van der Waals surface area contributed by atoms with Crippen LogP contribution in [0.4, 0.5) is 10.7 Å². The summed E-state index contributed by atoms with van der Waals surface area (Å²) in [6.45, 7) is 14.2. The highest BCUT2D eigenvalue weighted by atomic mass is 16.6. The first-order valence-corrected chi connectivity index (χ1v) is 12.7. The van der Waals surface area contributed by atoms with Gasteiger partial charge in [-0.25, -0.2) is 14.8 Å². The van der Waals surface area contributed by atoms with Gasteiger partial charge in [-0.15, -0.1) is 0 Å². The molecule has 1 saturated heterocycles. The molecule has 0 saturated carbocycles. The average molecular weight is 479 g/mol. The van der Waals surface area contributed by atoms with Crippen molar-refractivity contribution >= 4 is 23.2 Å². The van der Waals surface area contributed by atoms with E-state index in [1.165, 1.54) is 0 Å². The van der Waals surface area contributed by atoms with Crippen LogP contribution in [0.15, 0.2) is 30.3 Å². The number of fused-ring (bicyclic) bond motifs is 1. The highest BCUT2D eigenvalue weighted by Crippen LogP contribution is 2.29. The van der Waals surface area contributed by atoms with Crippen LogP contribution in [0.25, 0.3) is 22.6 Å². The summed E-state index contributed by atoms with van der Waals surface area (Å²) in [5.41, 5.74) is 3.19. The van der Waals surface area contributed by atoms with E-state index in [9.17, 15) is 4.79 Å². The standard InChI is InChI=1S/C27H38N6O2/c1-18(2)28-25-29-19(3)22-24(31-25)33(23(30-22)21-10-8-7-9-11-21)17-14-20-12-15-32(16-13-20)26(34)35-27(4,5)6/h7-11,18,20H,12-17H2,1-6H3,(H,28,29,31). The SMILES string of the molecule is Cc1nc(NC(C)C)nc2c1nc(-c1ccccc1)n2CCC1CCN(C(=O)OC(C)(C)C)CC1. The largest absolute Gasteiger partial charge is 0.444 e. The topological polar surface area (TPSA) is 85.2 Å². The van der Waals surface area contributed by atoms with Crippen LogP contribution in [-0.4, -0.2) is 55.2 Å². The highest BCUT2D eigenvalue weighted by molar-refractivity contribution is 5.80. The third-order valence-electron chi connectivity index (χ3n) is 6.25. The number of amides is 1. The van der Waals surface area contributed by atoms with Gasteiger partial charge in [0.25, 0.3) is 0 Å². The molecule has 1 N–H and O–H groups in total. The predicted molar refractivity (Wildman–Crippen MR) is 139 cm³/mol. The smallest absolute Gasteiger partial charge is 0.410 e. The molecule has 8 nitrogen and oxygen atoms in total. The van der Waals surface area contributed by atoms with Crippen molar-refractivity contribution in [3.8, 4) is 11.4 Å². The van der Waals surface area contributed by atoms with Crippen LogP contribution >= 0.6 is 0 Å². The van der Waals surface area contributed by atoms with Gasteiger partial charge in [-0.3, -0.25) is 0 Å². The molecule has 1 amide bonds. The molecule has 0 spiro atoms. The third-order valence-corrected chi connectivity index (χ3v) is 6.25. The number of hydrogen-bond donors (Lipinski definition) is 1. The van der Waals surface area contributed by atoms with E-state index < -0.39 is 5.60 Å². The van der Waals surface area contributed by atoms with E-state index in [1.807, 2.05) is 50.8 Å². The summed E-state index contributed by atoms with van der Waals surface area (Å²) >= 11 is 0. The van der Waals surface area contributed by atoms with Crippen LogP contribution in [0, 0.1) is 12.8 Å². The summed E-state index contributed by atoms with van der Waals surface area (Å²) in [6.07, 6.45) is 2.74. The van der Waals surface area contributed by atoms with Gasteiger partial charge in [-0.1, -0.05) is 30.3 Å². The van der Waals surface area contributed by atoms with Crippen LogP contribution in [0.1, 0.15) is 59.6 Å². The number of likely N-dealkylation sites (tertiary alicyclic amines) is 1. The Labute approximate surface area is 208 Å². The number of nitrogens with one attached hydrogen (secondary N) is 1. The van der Waals surface area contributed by atoms with E-state index in [4.69, 9.17) is 14.7 Å². The molecule has 0 aliphatic carbocycles. The number of aromatic nitrogens is 4. The van der Waals surface area contributed by atoms with Crippen LogP contribution in [0.2, 0.25) is 0 Å². The summed E-state index contributed by atoms with van der Waals surface area (Å²) in [5.74, 6) is 2.09. The summed E-state index contributed by atoms with van der Waals surface area (Å²) in [5, 5.41) is 3.34. The third kappa shape index (κ3) is 6.10. The molecular formula is C27H38N6O2. The Hall–Kier alpha value is -3.16. The zero-order chi connectivity index (χ0) is 25.2. The lowest BCUT2D eigenvalue weighted by molar-refractivity contribution is 0.0180. The molecule has 1 aromatic carbocycles. The molecular weight excluding hydrogens is 440 g/mol. The molecule has 0 bridgehead atoms. The van der Waals surface area contributed by atoms with Crippen molar-refractivity contribution in [1.82, 2.24) is 24.4 Å². The summed E-state index contributed by atoms with van der Waals surface area (Å²) in [7, 11) is 0. The van der Waals surface area contributed by atoms with E-state index >= 15 is 0 Å². The number of carbonyl (C=O) groups is 1. The van der Waals surface area contributed by atoms with Crippen molar-refractivity contribution < 1.29 is 9.53 Å². The minimum Gasteiger partial charge on any atom is -0.444 e. The molecule has 1 aliphatic rings. The number of nitrogens with zero attached hydrogens (tertiary/aromatic N) is 5. The number of benzene rings is 1. The van der Waals surface area contributed by atoms with Gasteiger partial charge < -0.3 is 19.5 Å². The Morgan fingerprint density at radius 1 is 1.11 bits per heavy atom. The van der Waals surface area contributed by atoms with Gasteiger partial charge in [-0.2, -0.15) is 4.98 Å². The van der Waals surface area contributed by atoms with Gasteiger partial charge >= 0.3 is 6.09 Å². The molecule has 1 fully saturated rings. The van der Waals surface area contributed by atoms with E-state index in [1.54, 1.807) is 0 Å². The van der Waals surface area contributed by atoms with Crippen molar-refractivity contribution in [2.45, 2.75) is 79.0 Å². The Bertz CT molecular complexity index is 1160. The van der Waals surface area contributed by atoms with Crippen molar-refractivity contribution in [2.75, 3.05) is 18.4 Å². The number of ether oxygens (including phenoxy) is 1. The number of anilines is 1. The second-order valence-electron chi connectivity index (χ2n) is 10.8. The van der Waals surface area contributed by atoms with Crippen LogP contribution < -0.4 is 5.32 Å². The number of imidazole rings is 1. The zero-order valence-electron chi connectivity index (χ0n) is 21.8. The number of rotatable bonds is 6. The lowest BCUT2D eigenvalue weighted by Gasteiger charge is -2.33. The van der Waals surface area contributed by atoms with E-state index in [0.29, 0.717) is 11.9 Å². The summed E-state index contributed by atoms with van der Waals surface area (Å²) < 4.78 is 7.79. The predicted octanol–water partition coefficient (Wildman–Crippen LogP) is 5.66. The highest BCUT2D eigenvalue weighted by Gasteiger charge is 2.27. The molecule has 1 aliphatic heterocycles. The minimum atomic E-state index is -0.465. The second-order valence-corrected chi connectivity index (χ2v) is 10.8. The Balaban J connectivity index is 1.54. The van der Waals surface area contributed by atoms with E-state index in [0.717, 1.165) is 67.1 Å². The van der Waals surface area contributed by atoms with Gasteiger partial charge in [0.2, 0.25) is 5.95 Å². The fourth-order valence-electron chi connectivity index (χ4n) is 4.52. The molecule has 3 aromatic rings. The molecule has 0 unspecified atom stereocenters. The zero-order valence-corrected chi connectivity index (χ0v) is 21.8. The quantitative estimate of drug-likeness (QED) is 0.492. The number of hydrogen-bond acceptors (Lipinski definition) is 6. The fourth-order valence-corrected chi connectivity index (χ4v) is 4.52. The second kappa shape index (κ2) is 10.2. The van der Waals surface area contributed by atoms with Gasteiger partial charge in [0, 0.05) is 31.2 Å².